The first-order valence-corrected chi connectivity index (χ1v) is 4.85. The van der Waals surface area contributed by atoms with E-state index in [1.165, 1.54) is 4.68 Å². The molecule has 0 saturated carbocycles. The number of primary amides is 1. The summed E-state index contributed by atoms with van der Waals surface area (Å²) in [5.74, 6) is -1.48. The topological polar surface area (TPSA) is 111 Å². The summed E-state index contributed by atoms with van der Waals surface area (Å²) in [4.78, 5) is 21.6. The minimum atomic E-state index is -1.15. The van der Waals surface area contributed by atoms with Crippen LogP contribution in [-0.2, 0) is 17.8 Å². The van der Waals surface area contributed by atoms with E-state index in [4.69, 9.17) is 10.8 Å². The van der Waals surface area contributed by atoms with Gasteiger partial charge in [-0.15, -0.1) is 5.10 Å². The summed E-state index contributed by atoms with van der Waals surface area (Å²) in [7, 11) is 0. The third kappa shape index (κ3) is 2.78. The molecule has 88 valence electrons. The highest BCUT2D eigenvalue weighted by atomic mass is 16.4. The number of carbonyl (C=O) groups is 2. The highest BCUT2D eigenvalue weighted by molar-refractivity contribution is 5.86. The molecule has 1 aromatic rings. The molecule has 0 unspecified atom stereocenters. The zero-order chi connectivity index (χ0) is 12.3. The summed E-state index contributed by atoms with van der Waals surface area (Å²) in [6.45, 7) is 3.73. The van der Waals surface area contributed by atoms with E-state index in [-0.39, 0.29) is 18.2 Å². The molecule has 0 bridgehead atoms. The van der Waals surface area contributed by atoms with Crippen LogP contribution in [0.25, 0.3) is 0 Å². The van der Waals surface area contributed by atoms with Crippen molar-refractivity contribution in [1.29, 1.82) is 0 Å². The number of carbonyl (C=O) groups excluding carboxylic acids is 1. The van der Waals surface area contributed by atoms with Crippen molar-refractivity contribution in [3.63, 3.8) is 0 Å². The van der Waals surface area contributed by atoms with E-state index in [9.17, 15) is 9.59 Å². The molecule has 7 nitrogen and oxygen atoms in total. The minimum Gasteiger partial charge on any atom is -0.476 e. The van der Waals surface area contributed by atoms with Gasteiger partial charge in [0.2, 0.25) is 5.91 Å². The molecule has 0 atom stereocenters. The molecule has 1 aromatic heterocycles. The van der Waals surface area contributed by atoms with Crippen molar-refractivity contribution < 1.29 is 14.7 Å². The van der Waals surface area contributed by atoms with Gasteiger partial charge in [0.15, 0.2) is 5.69 Å². The molecule has 0 aliphatic heterocycles. The lowest BCUT2D eigenvalue weighted by Gasteiger charge is -2.07. The maximum atomic E-state index is 10.9. The average Bonchev–Trinajstić information content (AvgIpc) is 2.47. The Bertz CT molecular complexity index is 411. The largest absolute Gasteiger partial charge is 0.476 e. The Kier molecular flexibility index (Phi) is 3.60. The van der Waals surface area contributed by atoms with Gasteiger partial charge in [-0.05, 0) is 12.3 Å². The first-order chi connectivity index (χ1) is 7.41. The van der Waals surface area contributed by atoms with Gasteiger partial charge in [0.1, 0.15) is 6.54 Å². The van der Waals surface area contributed by atoms with Crippen molar-refractivity contribution in [3.8, 4) is 0 Å². The van der Waals surface area contributed by atoms with Crippen molar-refractivity contribution in [3.05, 3.63) is 11.4 Å². The Balaban J connectivity index is 3.08. The van der Waals surface area contributed by atoms with Crippen LogP contribution in [0.5, 0.6) is 0 Å². The fourth-order valence-corrected chi connectivity index (χ4v) is 1.36. The van der Waals surface area contributed by atoms with Crippen LogP contribution < -0.4 is 5.73 Å². The highest BCUT2D eigenvalue weighted by Gasteiger charge is 2.20. The Morgan fingerprint density at radius 1 is 1.50 bits per heavy atom. The van der Waals surface area contributed by atoms with Gasteiger partial charge < -0.3 is 10.8 Å². The van der Waals surface area contributed by atoms with Gasteiger partial charge in [-0.25, -0.2) is 9.48 Å². The van der Waals surface area contributed by atoms with Crippen LogP contribution >= 0.6 is 0 Å². The van der Waals surface area contributed by atoms with Gasteiger partial charge >= 0.3 is 5.97 Å². The number of nitrogens with zero attached hydrogens (tertiary/aromatic N) is 3. The number of rotatable bonds is 5. The monoisotopic (exact) mass is 226 g/mol. The van der Waals surface area contributed by atoms with Gasteiger partial charge in [-0.2, -0.15) is 0 Å². The van der Waals surface area contributed by atoms with Crippen molar-refractivity contribution in [1.82, 2.24) is 15.0 Å². The quantitative estimate of drug-likeness (QED) is 0.713. The molecular formula is C9H14N4O3. The molecule has 7 heteroatoms. The zero-order valence-corrected chi connectivity index (χ0v) is 9.17. The number of hydrogen-bond donors (Lipinski definition) is 2. The lowest BCUT2D eigenvalue weighted by atomic mass is 10.1. The number of nitrogens with two attached hydrogens (primary N) is 1. The van der Waals surface area contributed by atoms with Crippen LogP contribution in [0.4, 0.5) is 0 Å². The number of aromatic carboxylic acids is 1. The van der Waals surface area contributed by atoms with Gasteiger partial charge in [0.05, 0.1) is 5.69 Å². The van der Waals surface area contributed by atoms with E-state index < -0.39 is 11.9 Å². The predicted molar refractivity (Wildman–Crippen MR) is 54.7 cm³/mol. The van der Waals surface area contributed by atoms with Gasteiger partial charge in [0, 0.05) is 0 Å². The lowest BCUT2D eigenvalue weighted by Crippen LogP contribution is -2.22. The van der Waals surface area contributed by atoms with Gasteiger partial charge in [-0.3, -0.25) is 4.79 Å². The molecule has 0 aliphatic carbocycles. The molecule has 16 heavy (non-hydrogen) atoms. The first kappa shape index (κ1) is 12.2. The second kappa shape index (κ2) is 4.73. The van der Waals surface area contributed by atoms with Crippen LogP contribution in [-0.4, -0.2) is 32.0 Å². The predicted octanol–water partition coefficient (Wildman–Crippen LogP) is -0.340. The van der Waals surface area contributed by atoms with E-state index in [2.05, 4.69) is 10.3 Å². The average molecular weight is 226 g/mol. The SMILES string of the molecule is CC(C)Cc1c(C(=O)O)nnn1CC(N)=O. The summed E-state index contributed by atoms with van der Waals surface area (Å²) in [6, 6.07) is 0. The molecule has 0 spiro atoms. The second-order valence-corrected chi connectivity index (χ2v) is 3.91. The van der Waals surface area contributed by atoms with E-state index in [1.54, 1.807) is 0 Å². The standard InChI is InChI=1S/C9H14N4O3/c1-5(2)3-6-8(9(15)16)11-12-13(6)4-7(10)14/h5H,3-4H2,1-2H3,(H2,10,14)(H,15,16). The lowest BCUT2D eigenvalue weighted by molar-refractivity contribution is -0.118. The van der Waals surface area contributed by atoms with Crippen LogP contribution in [0, 0.1) is 5.92 Å². The van der Waals surface area contributed by atoms with Crippen LogP contribution in [0.3, 0.4) is 0 Å². The number of hydrogen-bond acceptors (Lipinski definition) is 4. The van der Waals surface area contributed by atoms with E-state index >= 15 is 0 Å². The number of aromatic nitrogens is 3. The molecule has 3 N–H and O–H groups in total. The van der Waals surface area contributed by atoms with E-state index in [0.717, 1.165) is 0 Å². The first-order valence-electron chi connectivity index (χ1n) is 4.85. The number of carboxylic acids is 1. The fourth-order valence-electron chi connectivity index (χ4n) is 1.36. The van der Waals surface area contributed by atoms with E-state index in [1.807, 2.05) is 13.8 Å². The molecule has 0 saturated heterocycles. The van der Waals surface area contributed by atoms with Crippen molar-refractivity contribution in [2.45, 2.75) is 26.8 Å². The van der Waals surface area contributed by atoms with Crippen LogP contribution in [0.15, 0.2) is 0 Å². The van der Waals surface area contributed by atoms with Crippen LogP contribution in [0.2, 0.25) is 0 Å². The minimum absolute atomic E-state index is 0.116. The summed E-state index contributed by atoms with van der Waals surface area (Å²) in [6.07, 6.45) is 0.488. The zero-order valence-electron chi connectivity index (χ0n) is 9.17. The Morgan fingerprint density at radius 3 is 2.56 bits per heavy atom. The van der Waals surface area contributed by atoms with Crippen molar-refractivity contribution >= 4 is 11.9 Å². The Morgan fingerprint density at radius 2 is 2.12 bits per heavy atom. The van der Waals surface area contributed by atoms with Crippen molar-refractivity contribution in [2.75, 3.05) is 0 Å². The fraction of sp³-hybridized carbons (Fsp3) is 0.556. The molecule has 0 radical (unpaired) electrons. The number of carboxylic acid groups (broad SMARTS) is 1. The third-order valence-corrected chi connectivity index (χ3v) is 1.95. The maximum absolute atomic E-state index is 10.9. The normalized spacial score (nSPS) is 10.7. The van der Waals surface area contributed by atoms with Crippen LogP contribution in [0.1, 0.15) is 30.0 Å². The van der Waals surface area contributed by atoms with Gasteiger partial charge in [-0.1, -0.05) is 19.1 Å². The third-order valence-electron chi connectivity index (χ3n) is 1.95. The molecule has 0 aromatic carbocycles. The summed E-state index contributed by atoms with van der Waals surface area (Å²) >= 11 is 0. The van der Waals surface area contributed by atoms with Gasteiger partial charge in [0.25, 0.3) is 0 Å². The summed E-state index contributed by atoms with van der Waals surface area (Å²) in [5, 5.41) is 16.0. The van der Waals surface area contributed by atoms with Crippen molar-refractivity contribution in [2.24, 2.45) is 11.7 Å². The molecule has 1 amide bonds. The molecule has 0 aliphatic rings. The number of amides is 1. The molecule has 1 heterocycles. The highest BCUT2D eigenvalue weighted by Crippen LogP contribution is 2.11. The smallest absolute Gasteiger partial charge is 0.358 e. The summed E-state index contributed by atoms with van der Waals surface area (Å²) in [5.41, 5.74) is 5.35. The maximum Gasteiger partial charge on any atom is 0.358 e. The molecule has 0 fully saturated rings. The molecular weight excluding hydrogens is 212 g/mol. The Labute approximate surface area is 92.2 Å². The second-order valence-electron chi connectivity index (χ2n) is 3.91. The van der Waals surface area contributed by atoms with E-state index in [0.29, 0.717) is 12.1 Å². The summed E-state index contributed by atoms with van der Waals surface area (Å²) < 4.78 is 1.24. The Hall–Kier alpha value is -1.92. The molecule has 1 rings (SSSR count).